The Kier molecular flexibility index (Phi) is 4.22. The molecule has 0 aromatic heterocycles. The molecular formula is C14H28O. The summed E-state index contributed by atoms with van der Waals surface area (Å²) in [6, 6.07) is 0. The Balaban J connectivity index is 0.000000531. The predicted molar refractivity (Wildman–Crippen MR) is 65.8 cm³/mol. The van der Waals surface area contributed by atoms with Crippen molar-refractivity contribution >= 4 is 0 Å². The molecule has 15 heavy (non-hydrogen) atoms. The van der Waals surface area contributed by atoms with Gasteiger partial charge < -0.3 is 5.11 Å². The van der Waals surface area contributed by atoms with E-state index in [1.807, 2.05) is 13.8 Å². The van der Waals surface area contributed by atoms with Crippen LogP contribution in [-0.2, 0) is 0 Å². The average Bonchev–Trinajstić information content (AvgIpc) is 2.56. The molecule has 0 aromatic rings. The molecular weight excluding hydrogens is 184 g/mol. The maximum absolute atomic E-state index is 9.50. The van der Waals surface area contributed by atoms with Crippen LogP contribution in [0, 0.1) is 16.7 Å². The van der Waals surface area contributed by atoms with Crippen molar-refractivity contribution in [2.45, 2.75) is 66.2 Å². The summed E-state index contributed by atoms with van der Waals surface area (Å²) in [6.45, 7) is 9.11. The van der Waals surface area contributed by atoms with E-state index in [2.05, 4.69) is 13.8 Å². The SMILES string of the molecule is CC.CCC12CCC(CO)(CC(C)C1)C2. The standard InChI is InChI=1S/C12H22O.C2H6/c1-3-11-4-5-12(8-11,9-13)7-10(2)6-11;1-2/h10,13H,3-9H2,1-2H3;1-2H3. The molecule has 2 bridgehead atoms. The van der Waals surface area contributed by atoms with E-state index in [9.17, 15) is 5.11 Å². The molecule has 0 radical (unpaired) electrons. The summed E-state index contributed by atoms with van der Waals surface area (Å²) in [5.41, 5.74) is 0.939. The number of fused-ring (bicyclic) bond motifs is 2. The van der Waals surface area contributed by atoms with Crippen LogP contribution in [0.15, 0.2) is 0 Å². The molecule has 2 saturated carbocycles. The van der Waals surface area contributed by atoms with E-state index in [4.69, 9.17) is 0 Å². The first kappa shape index (κ1) is 13.0. The lowest BCUT2D eigenvalue weighted by Crippen LogP contribution is -2.33. The Labute approximate surface area is 95.3 Å². The lowest BCUT2D eigenvalue weighted by atomic mass is 9.64. The van der Waals surface area contributed by atoms with Crippen LogP contribution in [0.1, 0.15) is 66.2 Å². The predicted octanol–water partition coefficient (Wildman–Crippen LogP) is 4.00. The Bertz CT molecular complexity index is 182. The van der Waals surface area contributed by atoms with Crippen molar-refractivity contribution in [1.29, 1.82) is 0 Å². The van der Waals surface area contributed by atoms with E-state index < -0.39 is 0 Å². The maximum Gasteiger partial charge on any atom is 0.0487 e. The van der Waals surface area contributed by atoms with E-state index >= 15 is 0 Å². The highest BCUT2D eigenvalue weighted by molar-refractivity contribution is 5.02. The zero-order valence-electron chi connectivity index (χ0n) is 11.0. The monoisotopic (exact) mass is 212 g/mol. The molecule has 2 aliphatic carbocycles. The second-order valence-electron chi connectivity index (χ2n) is 5.70. The fraction of sp³-hybridized carbons (Fsp3) is 1.00. The van der Waals surface area contributed by atoms with Crippen LogP contribution >= 0.6 is 0 Å². The Morgan fingerprint density at radius 2 is 1.67 bits per heavy atom. The van der Waals surface area contributed by atoms with Gasteiger partial charge in [0, 0.05) is 6.61 Å². The first-order valence-corrected chi connectivity index (χ1v) is 6.75. The summed E-state index contributed by atoms with van der Waals surface area (Å²) in [5, 5.41) is 9.50. The highest BCUT2D eigenvalue weighted by atomic mass is 16.3. The van der Waals surface area contributed by atoms with E-state index in [-0.39, 0.29) is 0 Å². The zero-order valence-corrected chi connectivity index (χ0v) is 11.0. The molecule has 3 unspecified atom stereocenters. The van der Waals surface area contributed by atoms with E-state index in [1.165, 1.54) is 38.5 Å². The van der Waals surface area contributed by atoms with Crippen LogP contribution in [0.5, 0.6) is 0 Å². The summed E-state index contributed by atoms with van der Waals surface area (Å²) in [4.78, 5) is 0. The minimum atomic E-state index is 0.327. The number of hydrogen-bond donors (Lipinski definition) is 1. The summed E-state index contributed by atoms with van der Waals surface area (Å²) in [7, 11) is 0. The van der Waals surface area contributed by atoms with Gasteiger partial charge in [-0.05, 0) is 48.9 Å². The van der Waals surface area contributed by atoms with Crippen molar-refractivity contribution in [2.24, 2.45) is 16.7 Å². The van der Waals surface area contributed by atoms with Crippen molar-refractivity contribution in [3.63, 3.8) is 0 Å². The number of aliphatic hydroxyl groups is 1. The van der Waals surface area contributed by atoms with Crippen LogP contribution < -0.4 is 0 Å². The highest BCUT2D eigenvalue weighted by Gasteiger charge is 2.51. The topological polar surface area (TPSA) is 20.2 Å². The van der Waals surface area contributed by atoms with Crippen molar-refractivity contribution in [1.82, 2.24) is 0 Å². The smallest absolute Gasteiger partial charge is 0.0487 e. The molecule has 2 aliphatic rings. The number of hydrogen-bond acceptors (Lipinski definition) is 1. The number of rotatable bonds is 2. The van der Waals surface area contributed by atoms with Crippen LogP contribution in [0.2, 0.25) is 0 Å². The minimum absolute atomic E-state index is 0.327. The third-order valence-electron chi connectivity index (χ3n) is 4.58. The maximum atomic E-state index is 9.50. The third kappa shape index (κ3) is 2.38. The third-order valence-corrected chi connectivity index (χ3v) is 4.58. The van der Waals surface area contributed by atoms with Crippen LogP contribution in [0.4, 0.5) is 0 Å². The van der Waals surface area contributed by atoms with Gasteiger partial charge in [-0.1, -0.05) is 34.1 Å². The molecule has 3 atom stereocenters. The molecule has 0 aliphatic heterocycles. The largest absolute Gasteiger partial charge is 0.396 e. The van der Waals surface area contributed by atoms with Gasteiger partial charge in [0.25, 0.3) is 0 Å². The summed E-state index contributed by atoms with van der Waals surface area (Å²) in [6.07, 6.45) is 7.95. The second-order valence-corrected chi connectivity index (χ2v) is 5.70. The van der Waals surface area contributed by atoms with Gasteiger partial charge in [-0.3, -0.25) is 0 Å². The molecule has 90 valence electrons. The molecule has 1 heteroatoms. The van der Waals surface area contributed by atoms with Crippen LogP contribution in [0.25, 0.3) is 0 Å². The quantitative estimate of drug-likeness (QED) is 0.733. The van der Waals surface area contributed by atoms with Crippen molar-refractivity contribution < 1.29 is 5.11 Å². The highest BCUT2D eigenvalue weighted by Crippen LogP contribution is 2.61. The molecule has 0 heterocycles. The van der Waals surface area contributed by atoms with Gasteiger partial charge in [-0.15, -0.1) is 0 Å². The second kappa shape index (κ2) is 4.86. The van der Waals surface area contributed by atoms with Gasteiger partial charge in [-0.2, -0.15) is 0 Å². The Hall–Kier alpha value is -0.0400. The molecule has 2 rings (SSSR count). The van der Waals surface area contributed by atoms with E-state index in [0.717, 1.165) is 5.92 Å². The fourth-order valence-electron chi connectivity index (χ4n) is 4.05. The van der Waals surface area contributed by atoms with Gasteiger partial charge in [0.15, 0.2) is 0 Å². The van der Waals surface area contributed by atoms with Crippen molar-refractivity contribution in [2.75, 3.05) is 6.61 Å². The van der Waals surface area contributed by atoms with Gasteiger partial charge in [0.2, 0.25) is 0 Å². The van der Waals surface area contributed by atoms with Gasteiger partial charge in [0.1, 0.15) is 0 Å². The Morgan fingerprint density at radius 1 is 1.13 bits per heavy atom. The molecule has 1 N–H and O–H groups in total. The normalized spacial score (nSPS) is 43.4. The van der Waals surface area contributed by atoms with Crippen LogP contribution in [-0.4, -0.2) is 11.7 Å². The molecule has 2 fully saturated rings. The van der Waals surface area contributed by atoms with Gasteiger partial charge in [0.05, 0.1) is 0 Å². The number of aliphatic hydroxyl groups excluding tert-OH is 1. The van der Waals surface area contributed by atoms with Gasteiger partial charge >= 0.3 is 0 Å². The van der Waals surface area contributed by atoms with E-state index in [1.54, 1.807) is 0 Å². The lowest BCUT2D eigenvalue weighted by molar-refractivity contribution is 0.0410. The fourth-order valence-corrected chi connectivity index (χ4v) is 4.05. The molecule has 1 nitrogen and oxygen atoms in total. The molecule has 0 saturated heterocycles. The Morgan fingerprint density at radius 3 is 2.20 bits per heavy atom. The van der Waals surface area contributed by atoms with E-state index in [0.29, 0.717) is 17.4 Å². The first-order valence-electron chi connectivity index (χ1n) is 6.75. The summed E-state index contributed by atoms with van der Waals surface area (Å²) >= 11 is 0. The molecule has 0 spiro atoms. The minimum Gasteiger partial charge on any atom is -0.396 e. The van der Waals surface area contributed by atoms with Crippen molar-refractivity contribution in [3.8, 4) is 0 Å². The molecule has 0 amide bonds. The van der Waals surface area contributed by atoms with Crippen molar-refractivity contribution in [3.05, 3.63) is 0 Å². The average molecular weight is 212 g/mol. The molecule has 0 aromatic carbocycles. The van der Waals surface area contributed by atoms with Gasteiger partial charge in [-0.25, -0.2) is 0 Å². The first-order chi connectivity index (χ1) is 7.14. The zero-order chi connectivity index (χ0) is 11.5. The lowest BCUT2D eigenvalue weighted by Gasteiger charge is -2.41. The summed E-state index contributed by atoms with van der Waals surface area (Å²) in [5.74, 6) is 0.836. The van der Waals surface area contributed by atoms with Crippen LogP contribution in [0.3, 0.4) is 0 Å². The summed E-state index contributed by atoms with van der Waals surface area (Å²) < 4.78 is 0.